The van der Waals surface area contributed by atoms with E-state index in [1.165, 1.54) is 0 Å². The molecule has 3 amide bonds. The van der Waals surface area contributed by atoms with Gasteiger partial charge in [0, 0.05) is 0 Å². The average Bonchev–Trinajstić information content (AvgIpc) is 3.09. The van der Waals surface area contributed by atoms with Crippen LogP contribution in [0.4, 0.5) is 0 Å². The number of amides is 3. The van der Waals surface area contributed by atoms with Gasteiger partial charge in [-0.2, -0.15) is 0 Å². The number of benzene rings is 1. The SMILES string of the molecule is Cc1ccccc1C[C@H](N)C(=O)NCC(=O)NC(=O)[C@H]1CCCN1. The number of carbonyl (C=O) groups excluding carboxylic acids is 3. The summed E-state index contributed by atoms with van der Waals surface area (Å²) in [6.07, 6.45) is 2.02. The van der Waals surface area contributed by atoms with E-state index in [1.54, 1.807) is 0 Å². The van der Waals surface area contributed by atoms with Gasteiger partial charge in [-0.1, -0.05) is 24.3 Å². The summed E-state index contributed by atoms with van der Waals surface area (Å²) in [4.78, 5) is 35.5. The van der Waals surface area contributed by atoms with Gasteiger partial charge in [0.15, 0.2) is 0 Å². The Bertz CT molecular complexity index is 612. The minimum Gasteiger partial charge on any atom is -0.346 e. The van der Waals surface area contributed by atoms with Crippen molar-refractivity contribution in [2.45, 2.75) is 38.3 Å². The van der Waals surface area contributed by atoms with Gasteiger partial charge in [0.2, 0.25) is 17.7 Å². The smallest absolute Gasteiger partial charge is 0.245 e. The van der Waals surface area contributed by atoms with Crippen LogP contribution in [0.25, 0.3) is 0 Å². The first-order chi connectivity index (χ1) is 11.5. The highest BCUT2D eigenvalue weighted by atomic mass is 16.2. The van der Waals surface area contributed by atoms with Crippen molar-refractivity contribution < 1.29 is 14.4 Å². The summed E-state index contributed by atoms with van der Waals surface area (Å²) in [5, 5.41) is 7.75. The van der Waals surface area contributed by atoms with Gasteiger partial charge in [0.1, 0.15) is 0 Å². The van der Waals surface area contributed by atoms with Crippen molar-refractivity contribution in [3.63, 3.8) is 0 Å². The normalized spacial score (nSPS) is 18.0. The Hall–Kier alpha value is -2.25. The first-order valence-corrected chi connectivity index (χ1v) is 8.12. The van der Waals surface area contributed by atoms with Crippen LogP contribution in [-0.4, -0.2) is 42.9 Å². The number of nitrogens with one attached hydrogen (secondary N) is 3. The first-order valence-electron chi connectivity index (χ1n) is 8.12. The molecule has 0 unspecified atom stereocenters. The first kappa shape index (κ1) is 18.1. The van der Waals surface area contributed by atoms with Crippen molar-refractivity contribution >= 4 is 17.7 Å². The van der Waals surface area contributed by atoms with E-state index in [4.69, 9.17) is 5.73 Å². The van der Waals surface area contributed by atoms with Crippen LogP contribution in [-0.2, 0) is 20.8 Å². The molecule has 0 saturated carbocycles. The van der Waals surface area contributed by atoms with E-state index in [2.05, 4.69) is 16.0 Å². The van der Waals surface area contributed by atoms with Crippen molar-refractivity contribution in [3.05, 3.63) is 35.4 Å². The molecule has 1 saturated heterocycles. The summed E-state index contributed by atoms with van der Waals surface area (Å²) in [7, 11) is 0. The lowest BCUT2D eigenvalue weighted by atomic mass is 10.0. The number of nitrogens with two attached hydrogens (primary N) is 1. The van der Waals surface area contributed by atoms with E-state index in [1.807, 2.05) is 31.2 Å². The predicted molar refractivity (Wildman–Crippen MR) is 90.0 cm³/mol. The van der Waals surface area contributed by atoms with Crippen LogP contribution >= 0.6 is 0 Å². The summed E-state index contributed by atoms with van der Waals surface area (Å²) < 4.78 is 0. The molecule has 2 rings (SSSR count). The molecular weight excluding hydrogens is 308 g/mol. The molecule has 130 valence electrons. The summed E-state index contributed by atoms with van der Waals surface area (Å²) >= 11 is 0. The van der Waals surface area contributed by atoms with Crippen molar-refractivity contribution in [2.24, 2.45) is 5.73 Å². The summed E-state index contributed by atoms with van der Waals surface area (Å²) in [5.74, 6) is -1.30. The average molecular weight is 332 g/mol. The van der Waals surface area contributed by atoms with Gasteiger partial charge in [-0.05, 0) is 43.9 Å². The lowest BCUT2D eigenvalue weighted by Crippen LogP contribution is -2.49. The fraction of sp³-hybridized carbons (Fsp3) is 0.471. The zero-order valence-electron chi connectivity index (χ0n) is 13.8. The molecule has 2 atom stereocenters. The maximum absolute atomic E-state index is 12.0. The third-order valence-electron chi connectivity index (χ3n) is 4.10. The molecule has 0 spiro atoms. The molecule has 24 heavy (non-hydrogen) atoms. The monoisotopic (exact) mass is 332 g/mol. The van der Waals surface area contributed by atoms with Crippen molar-refractivity contribution in [3.8, 4) is 0 Å². The second-order valence-corrected chi connectivity index (χ2v) is 6.02. The van der Waals surface area contributed by atoms with Crippen molar-refractivity contribution in [1.82, 2.24) is 16.0 Å². The molecule has 7 nitrogen and oxygen atoms in total. The molecule has 1 aromatic rings. The molecule has 0 aromatic heterocycles. The maximum Gasteiger partial charge on any atom is 0.245 e. The van der Waals surface area contributed by atoms with E-state index in [0.29, 0.717) is 12.8 Å². The number of rotatable bonds is 6. The lowest BCUT2D eigenvalue weighted by molar-refractivity contribution is -0.132. The van der Waals surface area contributed by atoms with E-state index in [0.717, 1.165) is 24.1 Å². The summed E-state index contributed by atoms with van der Waals surface area (Å²) in [6.45, 7) is 2.46. The molecule has 0 aliphatic carbocycles. The Morgan fingerprint density at radius 2 is 2.08 bits per heavy atom. The Balaban J connectivity index is 1.74. The Labute approximate surface area is 141 Å². The van der Waals surface area contributed by atoms with Crippen LogP contribution in [0.5, 0.6) is 0 Å². The van der Waals surface area contributed by atoms with Crippen LogP contribution in [0.2, 0.25) is 0 Å². The number of imide groups is 1. The van der Waals surface area contributed by atoms with Crippen LogP contribution in [0.1, 0.15) is 24.0 Å². The molecule has 0 bridgehead atoms. The largest absolute Gasteiger partial charge is 0.346 e. The molecule has 1 heterocycles. The quantitative estimate of drug-likeness (QED) is 0.554. The van der Waals surface area contributed by atoms with Crippen molar-refractivity contribution in [2.75, 3.05) is 13.1 Å². The van der Waals surface area contributed by atoms with Gasteiger partial charge in [-0.25, -0.2) is 0 Å². The van der Waals surface area contributed by atoms with E-state index >= 15 is 0 Å². The van der Waals surface area contributed by atoms with Gasteiger partial charge in [-0.3, -0.25) is 19.7 Å². The zero-order chi connectivity index (χ0) is 17.5. The highest BCUT2D eigenvalue weighted by molar-refractivity contribution is 5.99. The predicted octanol–water partition coefficient (Wildman–Crippen LogP) is -0.624. The zero-order valence-corrected chi connectivity index (χ0v) is 13.8. The van der Waals surface area contributed by atoms with Gasteiger partial charge in [0.25, 0.3) is 0 Å². The van der Waals surface area contributed by atoms with Crippen LogP contribution < -0.4 is 21.7 Å². The fourth-order valence-corrected chi connectivity index (χ4v) is 2.64. The Morgan fingerprint density at radius 3 is 2.75 bits per heavy atom. The maximum atomic E-state index is 12.0. The molecule has 0 radical (unpaired) electrons. The van der Waals surface area contributed by atoms with Gasteiger partial charge >= 0.3 is 0 Å². The number of hydrogen-bond acceptors (Lipinski definition) is 5. The second kappa shape index (κ2) is 8.56. The van der Waals surface area contributed by atoms with Crippen molar-refractivity contribution in [1.29, 1.82) is 0 Å². The van der Waals surface area contributed by atoms with E-state index in [-0.39, 0.29) is 18.5 Å². The molecular formula is C17H24N4O3. The van der Waals surface area contributed by atoms with E-state index in [9.17, 15) is 14.4 Å². The van der Waals surface area contributed by atoms with E-state index < -0.39 is 17.9 Å². The number of hydrogen-bond donors (Lipinski definition) is 4. The molecule has 7 heteroatoms. The molecule has 1 aliphatic heterocycles. The minimum atomic E-state index is -0.744. The molecule has 1 aliphatic rings. The van der Waals surface area contributed by atoms with Gasteiger partial charge in [0.05, 0.1) is 18.6 Å². The number of aryl methyl sites for hydroxylation is 1. The third-order valence-corrected chi connectivity index (χ3v) is 4.10. The standard InChI is InChI=1S/C17H24N4O3/c1-11-5-2-3-6-12(11)9-13(18)16(23)20-10-15(22)21-17(24)14-7-4-8-19-14/h2-3,5-6,13-14,19H,4,7-10,18H2,1H3,(H,20,23)(H,21,22,24)/t13-,14+/m0/s1. The lowest BCUT2D eigenvalue weighted by Gasteiger charge is -2.14. The highest BCUT2D eigenvalue weighted by Crippen LogP contribution is 2.09. The number of carbonyl (C=O) groups is 3. The Kier molecular flexibility index (Phi) is 6.45. The molecule has 1 aromatic carbocycles. The van der Waals surface area contributed by atoms with Crippen LogP contribution in [0.3, 0.4) is 0 Å². The van der Waals surface area contributed by atoms with Crippen LogP contribution in [0.15, 0.2) is 24.3 Å². The van der Waals surface area contributed by atoms with Gasteiger partial charge in [-0.15, -0.1) is 0 Å². The summed E-state index contributed by atoms with van der Waals surface area (Å²) in [6, 6.07) is 6.62. The van der Waals surface area contributed by atoms with Gasteiger partial charge < -0.3 is 16.4 Å². The summed E-state index contributed by atoms with van der Waals surface area (Å²) in [5.41, 5.74) is 7.94. The molecule has 1 fully saturated rings. The van der Waals surface area contributed by atoms with Crippen LogP contribution in [0, 0.1) is 6.92 Å². The minimum absolute atomic E-state index is 0.265. The second-order valence-electron chi connectivity index (χ2n) is 6.02. The Morgan fingerprint density at radius 1 is 1.33 bits per heavy atom. The third kappa shape index (κ3) is 5.14. The molecule has 5 N–H and O–H groups in total. The topological polar surface area (TPSA) is 113 Å². The highest BCUT2D eigenvalue weighted by Gasteiger charge is 2.23. The fourth-order valence-electron chi connectivity index (χ4n) is 2.64.